The number of rotatable bonds is 7. The second-order valence-electron chi connectivity index (χ2n) is 7.06. The Kier molecular flexibility index (Phi) is 6.47. The molecule has 0 saturated heterocycles. The van der Waals surface area contributed by atoms with Gasteiger partial charge >= 0.3 is 6.18 Å². The summed E-state index contributed by atoms with van der Waals surface area (Å²) in [4.78, 5) is 4.01. The number of nitrogens with one attached hydrogen (secondary N) is 1. The Balaban J connectivity index is 1.70. The van der Waals surface area contributed by atoms with Crippen molar-refractivity contribution in [1.82, 2.24) is 10.3 Å². The van der Waals surface area contributed by atoms with E-state index < -0.39 is 11.7 Å². The lowest BCUT2D eigenvalue weighted by Gasteiger charge is -2.21. The number of pyridine rings is 1. The number of nitrogen functional groups attached to an aromatic ring is 3. The Morgan fingerprint density at radius 2 is 1.60 bits per heavy atom. The molecule has 3 rings (SSSR count). The van der Waals surface area contributed by atoms with Gasteiger partial charge in [-0.05, 0) is 47.9 Å². The molecule has 0 bridgehead atoms. The fourth-order valence-electron chi connectivity index (χ4n) is 3.38. The van der Waals surface area contributed by atoms with Crippen molar-refractivity contribution in [3.8, 4) is 0 Å². The van der Waals surface area contributed by atoms with E-state index in [0.29, 0.717) is 31.0 Å². The van der Waals surface area contributed by atoms with Crippen molar-refractivity contribution in [2.45, 2.75) is 25.1 Å². The highest BCUT2D eigenvalue weighted by Gasteiger charge is 2.29. The molecule has 0 radical (unpaired) electrons. The highest BCUT2D eigenvalue weighted by atomic mass is 19.4. The number of alkyl halides is 3. The summed E-state index contributed by atoms with van der Waals surface area (Å²) in [6, 6.07) is 16.7. The SMILES string of the molecule is Nc1cc(C(CCNCc2ccc(C(F)(F)F)cc2)c2ccccc2)c(N)c(N)n1. The van der Waals surface area contributed by atoms with Crippen molar-refractivity contribution in [2.24, 2.45) is 0 Å². The van der Waals surface area contributed by atoms with Gasteiger partial charge in [0.05, 0.1) is 11.3 Å². The van der Waals surface area contributed by atoms with Gasteiger partial charge in [0.25, 0.3) is 0 Å². The van der Waals surface area contributed by atoms with Crippen molar-refractivity contribution in [1.29, 1.82) is 0 Å². The number of benzene rings is 2. The minimum atomic E-state index is -4.33. The van der Waals surface area contributed by atoms with Crippen molar-refractivity contribution in [3.63, 3.8) is 0 Å². The van der Waals surface area contributed by atoms with E-state index in [1.165, 1.54) is 12.1 Å². The maximum absolute atomic E-state index is 12.7. The van der Waals surface area contributed by atoms with E-state index in [0.717, 1.165) is 28.8 Å². The number of anilines is 3. The van der Waals surface area contributed by atoms with Crippen LogP contribution in [0.5, 0.6) is 0 Å². The van der Waals surface area contributed by atoms with Gasteiger partial charge in [-0.3, -0.25) is 0 Å². The largest absolute Gasteiger partial charge is 0.416 e. The highest BCUT2D eigenvalue weighted by Crippen LogP contribution is 2.35. The lowest BCUT2D eigenvalue weighted by Crippen LogP contribution is -2.19. The minimum Gasteiger partial charge on any atom is -0.396 e. The third kappa shape index (κ3) is 5.21. The maximum Gasteiger partial charge on any atom is 0.416 e. The first-order valence-corrected chi connectivity index (χ1v) is 9.49. The molecule has 1 unspecified atom stereocenters. The lowest BCUT2D eigenvalue weighted by atomic mass is 9.87. The van der Waals surface area contributed by atoms with Gasteiger partial charge in [0.2, 0.25) is 0 Å². The van der Waals surface area contributed by atoms with Crippen LogP contribution in [0.15, 0.2) is 60.7 Å². The van der Waals surface area contributed by atoms with E-state index in [1.807, 2.05) is 30.3 Å². The Labute approximate surface area is 173 Å². The van der Waals surface area contributed by atoms with Crippen molar-refractivity contribution < 1.29 is 13.2 Å². The van der Waals surface area contributed by atoms with Crippen LogP contribution in [-0.2, 0) is 12.7 Å². The van der Waals surface area contributed by atoms with Gasteiger partial charge in [-0.15, -0.1) is 0 Å². The molecule has 7 N–H and O–H groups in total. The molecule has 30 heavy (non-hydrogen) atoms. The standard InChI is InChI=1S/C22H24F3N5/c23-22(24,25)16-8-6-14(7-9-16)13-29-11-10-17(15-4-2-1-3-5-15)18-12-19(26)30-21(28)20(18)27/h1-9,12,17,29H,10-11,13,27H2,(H4,26,28,30). The molecule has 0 aliphatic rings. The summed E-state index contributed by atoms with van der Waals surface area (Å²) in [5.74, 6) is 0.442. The molecule has 0 aliphatic carbocycles. The predicted molar refractivity (Wildman–Crippen MR) is 114 cm³/mol. The van der Waals surface area contributed by atoms with Crippen LogP contribution in [0.25, 0.3) is 0 Å². The second-order valence-corrected chi connectivity index (χ2v) is 7.06. The van der Waals surface area contributed by atoms with E-state index in [9.17, 15) is 13.2 Å². The van der Waals surface area contributed by atoms with Crippen LogP contribution in [-0.4, -0.2) is 11.5 Å². The molecule has 8 heteroatoms. The van der Waals surface area contributed by atoms with Crippen LogP contribution in [0.4, 0.5) is 30.5 Å². The third-order valence-electron chi connectivity index (χ3n) is 4.94. The number of halogens is 3. The normalized spacial score (nSPS) is 12.6. The maximum atomic E-state index is 12.7. The molecule has 1 atom stereocenters. The molecule has 0 aliphatic heterocycles. The summed E-state index contributed by atoms with van der Waals surface area (Å²) < 4.78 is 38.0. The number of aromatic nitrogens is 1. The molecule has 1 heterocycles. The summed E-state index contributed by atoms with van der Waals surface area (Å²) in [6.07, 6.45) is -3.64. The van der Waals surface area contributed by atoms with Crippen LogP contribution < -0.4 is 22.5 Å². The van der Waals surface area contributed by atoms with E-state index in [4.69, 9.17) is 17.2 Å². The monoisotopic (exact) mass is 415 g/mol. The Hall–Kier alpha value is -3.26. The van der Waals surface area contributed by atoms with Gasteiger partial charge in [0, 0.05) is 12.5 Å². The molecule has 5 nitrogen and oxygen atoms in total. The van der Waals surface area contributed by atoms with E-state index in [1.54, 1.807) is 6.07 Å². The van der Waals surface area contributed by atoms with Gasteiger partial charge in [0.1, 0.15) is 11.6 Å². The smallest absolute Gasteiger partial charge is 0.396 e. The van der Waals surface area contributed by atoms with Crippen LogP contribution in [0.1, 0.15) is 34.6 Å². The summed E-state index contributed by atoms with van der Waals surface area (Å²) >= 11 is 0. The molecule has 0 spiro atoms. The van der Waals surface area contributed by atoms with Gasteiger partial charge in [0.15, 0.2) is 0 Å². The van der Waals surface area contributed by atoms with E-state index in [-0.39, 0.29) is 11.7 Å². The Morgan fingerprint density at radius 3 is 2.23 bits per heavy atom. The first-order valence-electron chi connectivity index (χ1n) is 9.49. The molecule has 3 aromatic rings. The fraction of sp³-hybridized carbons (Fsp3) is 0.227. The Morgan fingerprint density at radius 1 is 0.933 bits per heavy atom. The third-order valence-corrected chi connectivity index (χ3v) is 4.94. The van der Waals surface area contributed by atoms with Crippen LogP contribution in [0.2, 0.25) is 0 Å². The van der Waals surface area contributed by atoms with Crippen molar-refractivity contribution >= 4 is 17.3 Å². The quantitative estimate of drug-likeness (QED) is 0.434. The predicted octanol–water partition coefficient (Wildman–Crippen LogP) is 4.16. The Bertz CT molecular complexity index is 973. The first kappa shape index (κ1) is 21.4. The molecule has 0 fully saturated rings. The van der Waals surface area contributed by atoms with Gasteiger partial charge in [-0.25, -0.2) is 4.98 Å². The van der Waals surface area contributed by atoms with Gasteiger partial charge in [-0.1, -0.05) is 42.5 Å². The van der Waals surface area contributed by atoms with Crippen LogP contribution in [0, 0.1) is 0 Å². The number of hydrogen-bond donors (Lipinski definition) is 4. The highest BCUT2D eigenvalue weighted by molar-refractivity contribution is 5.68. The zero-order valence-corrected chi connectivity index (χ0v) is 16.3. The van der Waals surface area contributed by atoms with E-state index in [2.05, 4.69) is 10.3 Å². The van der Waals surface area contributed by atoms with Crippen molar-refractivity contribution in [2.75, 3.05) is 23.7 Å². The minimum absolute atomic E-state index is 0.0566. The summed E-state index contributed by atoms with van der Waals surface area (Å²) in [7, 11) is 0. The molecule has 158 valence electrons. The molecule has 0 amide bonds. The second kappa shape index (κ2) is 9.04. The summed E-state index contributed by atoms with van der Waals surface area (Å²) in [5.41, 5.74) is 20.3. The molecular formula is C22H24F3N5. The summed E-state index contributed by atoms with van der Waals surface area (Å²) in [5, 5.41) is 3.28. The molecular weight excluding hydrogens is 391 g/mol. The van der Waals surface area contributed by atoms with E-state index >= 15 is 0 Å². The molecule has 0 saturated carbocycles. The number of nitrogens with zero attached hydrogens (tertiary/aromatic N) is 1. The first-order chi connectivity index (χ1) is 14.3. The fourth-order valence-corrected chi connectivity index (χ4v) is 3.38. The molecule has 1 aromatic heterocycles. The topological polar surface area (TPSA) is 103 Å². The van der Waals surface area contributed by atoms with Crippen LogP contribution >= 0.6 is 0 Å². The molecule has 2 aromatic carbocycles. The van der Waals surface area contributed by atoms with Gasteiger partial charge < -0.3 is 22.5 Å². The van der Waals surface area contributed by atoms with Crippen LogP contribution in [0.3, 0.4) is 0 Å². The summed E-state index contributed by atoms with van der Waals surface area (Å²) in [6.45, 7) is 1.07. The lowest BCUT2D eigenvalue weighted by molar-refractivity contribution is -0.137. The van der Waals surface area contributed by atoms with Crippen molar-refractivity contribution in [3.05, 3.63) is 82.9 Å². The zero-order chi connectivity index (χ0) is 21.7. The average Bonchev–Trinajstić information content (AvgIpc) is 2.71. The number of nitrogens with two attached hydrogens (primary N) is 3. The van der Waals surface area contributed by atoms with Gasteiger partial charge in [-0.2, -0.15) is 13.2 Å². The average molecular weight is 415 g/mol. The zero-order valence-electron chi connectivity index (χ0n) is 16.3. The number of hydrogen-bond acceptors (Lipinski definition) is 5.